The van der Waals surface area contributed by atoms with E-state index in [-0.39, 0.29) is 24.1 Å². The van der Waals surface area contributed by atoms with E-state index in [1.165, 1.54) is 0 Å². The fraction of sp³-hybridized carbons (Fsp3) is 0.458. The van der Waals surface area contributed by atoms with E-state index in [1.54, 1.807) is 28.6 Å². The molecule has 1 fully saturated rings. The van der Waals surface area contributed by atoms with Crippen LogP contribution in [-0.2, 0) is 21.4 Å². The lowest BCUT2D eigenvalue weighted by atomic mass is 10.2. The van der Waals surface area contributed by atoms with Crippen molar-refractivity contribution >= 4 is 21.6 Å². The van der Waals surface area contributed by atoms with E-state index in [9.17, 15) is 13.2 Å². The van der Waals surface area contributed by atoms with Gasteiger partial charge in [0.25, 0.3) is 0 Å². The first kappa shape index (κ1) is 23.5. The molecule has 2 aromatic rings. The molecule has 1 amide bonds. The molecule has 2 aromatic carbocycles. The quantitative estimate of drug-likeness (QED) is 0.632. The van der Waals surface area contributed by atoms with Crippen molar-refractivity contribution in [1.82, 2.24) is 9.21 Å². The molecule has 8 nitrogen and oxygen atoms in total. The third-order valence-electron chi connectivity index (χ3n) is 5.98. The zero-order valence-electron chi connectivity index (χ0n) is 19.0. The molecular formula is C24H31N3O5S. The van der Waals surface area contributed by atoms with Crippen molar-refractivity contribution in [2.75, 3.05) is 38.3 Å². The van der Waals surface area contributed by atoms with Crippen molar-refractivity contribution in [1.29, 1.82) is 0 Å². The van der Waals surface area contributed by atoms with Gasteiger partial charge in [-0.1, -0.05) is 31.9 Å². The molecule has 9 heteroatoms. The smallest absolute Gasteiger partial charge is 0.243 e. The number of carbonyl (C=O) groups excluding carboxylic acids is 1. The molecule has 0 aliphatic carbocycles. The van der Waals surface area contributed by atoms with Gasteiger partial charge in [0.2, 0.25) is 22.7 Å². The molecule has 0 spiro atoms. The molecule has 4 rings (SSSR count). The predicted octanol–water partition coefficient (Wildman–Crippen LogP) is 3.44. The number of amides is 1. The van der Waals surface area contributed by atoms with Crippen molar-refractivity contribution in [3.8, 4) is 11.5 Å². The predicted molar refractivity (Wildman–Crippen MR) is 126 cm³/mol. The monoisotopic (exact) mass is 473 g/mol. The van der Waals surface area contributed by atoms with E-state index in [1.807, 2.05) is 30.0 Å². The molecule has 33 heavy (non-hydrogen) atoms. The standard InChI is InChI=1S/C24H31N3O5S/c1-2-26(16-19-10-11-22-23(14-19)32-18-31-22)17-24(28)25-20-8-7-9-21(15-20)33(29,30)27-12-5-3-4-6-13-27/h7-11,14-15H,2-6,12-13,16-18H2,1H3,(H,25,28). The highest BCUT2D eigenvalue weighted by molar-refractivity contribution is 7.89. The summed E-state index contributed by atoms with van der Waals surface area (Å²) in [4.78, 5) is 14.9. The Labute approximate surface area is 195 Å². The maximum atomic E-state index is 13.1. The number of anilines is 1. The van der Waals surface area contributed by atoms with Gasteiger partial charge in [-0.2, -0.15) is 4.31 Å². The first-order valence-corrected chi connectivity index (χ1v) is 12.9. The van der Waals surface area contributed by atoms with Crippen LogP contribution in [0.4, 0.5) is 5.69 Å². The normalized spacial score (nSPS) is 16.5. The first-order chi connectivity index (χ1) is 16.0. The zero-order chi connectivity index (χ0) is 23.3. The van der Waals surface area contributed by atoms with E-state index in [0.717, 1.165) is 42.7 Å². The fourth-order valence-electron chi connectivity index (χ4n) is 4.15. The molecule has 0 atom stereocenters. The summed E-state index contributed by atoms with van der Waals surface area (Å²) in [5.41, 5.74) is 1.51. The lowest BCUT2D eigenvalue weighted by Crippen LogP contribution is -2.33. The van der Waals surface area contributed by atoms with Crippen LogP contribution in [0.5, 0.6) is 11.5 Å². The molecule has 2 aliphatic heterocycles. The summed E-state index contributed by atoms with van der Waals surface area (Å²) < 4.78 is 38.5. The number of sulfonamides is 1. The second-order valence-corrected chi connectivity index (χ2v) is 10.3. The number of carbonyl (C=O) groups is 1. The van der Waals surface area contributed by atoms with Gasteiger partial charge < -0.3 is 14.8 Å². The van der Waals surface area contributed by atoms with E-state index < -0.39 is 10.0 Å². The summed E-state index contributed by atoms with van der Waals surface area (Å²) in [6, 6.07) is 12.3. The number of benzene rings is 2. The average molecular weight is 474 g/mol. The fourth-order valence-corrected chi connectivity index (χ4v) is 5.71. The molecule has 178 valence electrons. The zero-order valence-corrected chi connectivity index (χ0v) is 19.8. The van der Waals surface area contributed by atoms with Crippen molar-refractivity contribution in [3.05, 3.63) is 48.0 Å². The lowest BCUT2D eigenvalue weighted by Gasteiger charge is -2.21. The minimum Gasteiger partial charge on any atom is -0.454 e. The number of ether oxygens (including phenoxy) is 2. The second kappa shape index (κ2) is 10.5. The topological polar surface area (TPSA) is 88.2 Å². The molecule has 0 bridgehead atoms. The Morgan fingerprint density at radius 3 is 2.55 bits per heavy atom. The molecule has 1 N–H and O–H groups in total. The number of fused-ring (bicyclic) bond motifs is 1. The van der Waals surface area contributed by atoms with Crippen LogP contribution in [0.1, 0.15) is 38.2 Å². The number of nitrogens with one attached hydrogen (secondary N) is 1. The van der Waals surface area contributed by atoms with Crippen molar-refractivity contribution in [2.24, 2.45) is 0 Å². The van der Waals surface area contributed by atoms with Crippen LogP contribution in [0.15, 0.2) is 47.4 Å². The molecule has 1 saturated heterocycles. The minimum atomic E-state index is -3.57. The van der Waals surface area contributed by atoms with Crippen LogP contribution in [0.2, 0.25) is 0 Å². The molecule has 0 radical (unpaired) electrons. The summed E-state index contributed by atoms with van der Waals surface area (Å²) in [6.07, 6.45) is 3.88. The summed E-state index contributed by atoms with van der Waals surface area (Å²) in [5.74, 6) is 1.26. The molecule has 2 aliphatic rings. The molecule has 0 unspecified atom stereocenters. The molecule has 2 heterocycles. The largest absolute Gasteiger partial charge is 0.454 e. The summed E-state index contributed by atoms with van der Waals surface area (Å²) in [5, 5.41) is 2.85. The molecule has 0 saturated carbocycles. The Morgan fingerprint density at radius 2 is 1.79 bits per heavy atom. The van der Waals surface area contributed by atoms with Gasteiger partial charge in [-0.15, -0.1) is 0 Å². The third kappa shape index (κ3) is 5.85. The van der Waals surface area contributed by atoms with Crippen LogP contribution in [-0.4, -0.2) is 56.5 Å². The highest BCUT2D eigenvalue weighted by atomic mass is 32.2. The molecule has 0 aromatic heterocycles. The number of hydrogen-bond donors (Lipinski definition) is 1. The van der Waals surface area contributed by atoms with Crippen molar-refractivity contribution < 1.29 is 22.7 Å². The van der Waals surface area contributed by atoms with Crippen molar-refractivity contribution in [3.63, 3.8) is 0 Å². The van der Waals surface area contributed by atoms with Crippen LogP contribution < -0.4 is 14.8 Å². The van der Waals surface area contributed by atoms with Gasteiger partial charge in [-0.3, -0.25) is 9.69 Å². The summed E-state index contributed by atoms with van der Waals surface area (Å²) in [7, 11) is -3.57. The van der Waals surface area contributed by atoms with Gasteiger partial charge in [-0.05, 0) is 55.3 Å². The van der Waals surface area contributed by atoms with E-state index in [4.69, 9.17) is 9.47 Å². The number of nitrogens with zero attached hydrogens (tertiary/aromatic N) is 2. The van der Waals surface area contributed by atoms with Gasteiger partial charge in [0.1, 0.15) is 0 Å². The number of hydrogen-bond acceptors (Lipinski definition) is 6. The summed E-state index contributed by atoms with van der Waals surface area (Å²) >= 11 is 0. The van der Waals surface area contributed by atoms with Gasteiger partial charge >= 0.3 is 0 Å². The Hall–Kier alpha value is -2.62. The van der Waals surface area contributed by atoms with E-state index >= 15 is 0 Å². The van der Waals surface area contributed by atoms with E-state index in [0.29, 0.717) is 31.9 Å². The summed E-state index contributed by atoms with van der Waals surface area (Å²) in [6.45, 7) is 4.78. The van der Waals surface area contributed by atoms with Gasteiger partial charge in [-0.25, -0.2) is 8.42 Å². The highest BCUT2D eigenvalue weighted by Gasteiger charge is 2.25. The Balaban J connectivity index is 1.38. The van der Waals surface area contributed by atoms with Gasteiger partial charge in [0, 0.05) is 25.3 Å². The van der Waals surface area contributed by atoms with Gasteiger partial charge in [0.05, 0.1) is 11.4 Å². The first-order valence-electron chi connectivity index (χ1n) is 11.5. The number of rotatable bonds is 8. The second-order valence-electron chi connectivity index (χ2n) is 8.39. The molecular weight excluding hydrogens is 442 g/mol. The number of likely N-dealkylation sites (N-methyl/N-ethyl adjacent to an activating group) is 1. The van der Waals surface area contributed by atoms with Crippen molar-refractivity contribution in [2.45, 2.75) is 44.0 Å². The minimum absolute atomic E-state index is 0.189. The average Bonchev–Trinajstić information content (AvgIpc) is 3.09. The maximum absolute atomic E-state index is 13.1. The van der Waals surface area contributed by atoms with Gasteiger partial charge in [0.15, 0.2) is 11.5 Å². The Bertz CT molecular complexity index is 1080. The lowest BCUT2D eigenvalue weighted by molar-refractivity contribution is -0.117. The maximum Gasteiger partial charge on any atom is 0.243 e. The SMILES string of the molecule is CCN(CC(=O)Nc1cccc(S(=O)(=O)N2CCCCCC2)c1)Cc1ccc2c(c1)OCO2. The Kier molecular flexibility index (Phi) is 7.52. The van der Waals surface area contributed by atoms with Crippen LogP contribution >= 0.6 is 0 Å². The third-order valence-corrected chi connectivity index (χ3v) is 7.87. The van der Waals surface area contributed by atoms with Crippen LogP contribution in [0.25, 0.3) is 0 Å². The van der Waals surface area contributed by atoms with Crippen LogP contribution in [0, 0.1) is 0 Å². The highest BCUT2D eigenvalue weighted by Crippen LogP contribution is 2.32. The Morgan fingerprint density at radius 1 is 1.03 bits per heavy atom. The van der Waals surface area contributed by atoms with Crippen LogP contribution in [0.3, 0.4) is 0 Å². The van der Waals surface area contributed by atoms with E-state index in [2.05, 4.69) is 5.32 Å².